The number of halogens is 1. The van der Waals surface area contributed by atoms with Gasteiger partial charge in [0.2, 0.25) is 0 Å². The van der Waals surface area contributed by atoms with Crippen molar-refractivity contribution in [2.45, 2.75) is 9.96 Å². The van der Waals surface area contributed by atoms with E-state index >= 15 is 0 Å². The van der Waals surface area contributed by atoms with Gasteiger partial charge in [-0.15, -0.1) is 11.3 Å². The Kier molecular flexibility index (Phi) is 3.45. The summed E-state index contributed by atoms with van der Waals surface area (Å²) in [6, 6.07) is 8.50. The van der Waals surface area contributed by atoms with Crippen molar-refractivity contribution in [2.75, 3.05) is 0 Å². The lowest BCUT2D eigenvalue weighted by Crippen LogP contribution is -2.05. The Labute approximate surface area is 108 Å². The third-order valence-corrected chi connectivity index (χ3v) is 5.49. The summed E-state index contributed by atoms with van der Waals surface area (Å²) in [5.41, 5.74) is 0.363. The van der Waals surface area contributed by atoms with Crippen LogP contribution in [0.4, 0.5) is 4.39 Å². The van der Waals surface area contributed by atoms with Gasteiger partial charge in [-0.3, -0.25) is 0 Å². The monoisotopic (exact) mass is 281 g/mol. The summed E-state index contributed by atoms with van der Waals surface area (Å²) in [5.74, 6) is -0.917. The fourth-order valence-electron chi connectivity index (χ4n) is 1.51. The first-order valence-corrected chi connectivity index (χ1v) is 7.51. The lowest BCUT2D eigenvalue weighted by molar-refractivity contribution is 0.596. The van der Waals surface area contributed by atoms with Gasteiger partial charge in [0.05, 0.1) is 17.4 Å². The number of nitriles is 1. The predicted octanol–water partition coefficient (Wildman–Crippen LogP) is 2.73. The van der Waals surface area contributed by atoms with Crippen LogP contribution in [0, 0.1) is 17.1 Å². The highest BCUT2D eigenvalue weighted by atomic mass is 32.2. The molecule has 0 N–H and O–H groups in total. The van der Waals surface area contributed by atoms with E-state index in [0.29, 0.717) is 0 Å². The highest BCUT2D eigenvalue weighted by molar-refractivity contribution is 7.92. The summed E-state index contributed by atoms with van der Waals surface area (Å²) in [4.78, 5) is 0. The van der Waals surface area contributed by atoms with Crippen LogP contribution >= 0.6 is 11.3 Å². The van der Waals surface area contributed by atoms with Gasteiger partial charge in [-0.2, -0.15) is 5.26 Å². The number of hydrogen-bond acceptors (Lipinski definition) is 4. The van der Waals surface area contributed by atoms with Crippen molar-refractivity contribution < 1.29 is 12.8 Å². The van der Waals surface area contributed by atoms with Crippen molar-refractivity contribution in [3.05, 3.63) is 52.7 Å². The molecular weight excluding hydrogens is 273 g/mol. The van der Waals surface area contributed by atoms with Gasteiger partial charge in [0.1, 0.15) is 10.0 Å². The molecule has 0 atom stereocenters. The molecule has 0 radical (unpaired) electrons. The molecule has 1 aromatic heterocycles. The second-order valence-corrected chi connectivity index (χ2v) is 6.77. The molecule has 18 heavy (non-hydrogen) atoms. The van der Waals surface area contributed by atoms with Crippen molar-refractivity contribution in [3.63, 3.8) is 0 Å². The first kappa shape index (κ1) is 12.7. The van der Waals surface area contributed by atoms with E-state index in [0.717, 1.165) is 23.5 Å². The third-order valence-electron chi connectivity index (χ3n) is 2.33. The summed E-state index contributed by atoms with van der Waals surface area (Å²) in [5, 5.41) is 10.5. The van der Waals surface area contributed by atoms with Crippen LogP contribution in [-0.2, 0) is 15.6 Å². The van der Waals surface area contributed by atoms with Crippen LogP contribution < -0.4 is 0 Å². The van der Waals surface area contributed by atoms with E-state index in [-0.39, 0.29) is 21.1 Å². The number of sulfone groups is 1. The lowest BCUT2D eigenvalue weighted by atomic mass is 10.1. The average molecular weight is 281 g/mol. The zero-order chi connectivity index (χ0) is 13.2. The molecule has 0 saturated heterocycles. The Morgan fingerprint density at radius 1 is 1.33 bits per heavy atom. The molecule has 0 aliphatic carbocycles. The number of rotatable bonds is 3. The van der Waals surface area contributed by atoms with Gasteiger partial charge in [-0.05, 0) is 35.2 Å². The molecule has 0 spiro atoms. The minimum atomic E-state index is -3.52. The molecule has 0 amide bonds. The van der Waals surface area contributed by atoms with Crippen LogP contribution in [0.3, 0.4) is 0 Å². The van der Waals surface area contributed by atoms with Crippen molar-refractivity contribution >= 4 is 21.2 Å². The number of hydrogen-bond donors (Lipinski definition) is 0. The first-order chi connectivity index (χ1) is 8.53. The molecule has 92 valence electrons. The van der Waals surface area contributed by atoms with Crippen molar-refractivity contribution in [1.29, 1.82) is 5.26 Å². The van der Waals surface area contributed by atoms with Crippen LogP contribution in [-0.4, -0.2) is 8.42 Å². The number of nitrogens with zero attached hydrogens (tertiary/aromatic N) is 1. The smallest absolute Gasteiger partial charge is 0.191 e. The Morgan fingerprint density at radius 3 is 2.72 bits per heavy atom. The van der Waals surface area contributed by atoms with E-state index in [1.807, 2.05) is 6.07 Å². The van der Waals surface area contributed by atoms with Gasteiger partial charge >= 0.3 is 0 Å². The van der Waals surface area contributed by atoms with Crippen molar-refractivity contribution in [1.82, 2.24) is 0 Å². The molecule has 0 fully saturated rings. The predicted molar refractivity (Wildman–Crippen MR) is 66.3 cm³/mol. The Balaban J connectivity index is 2.41. The topological polar surface area (TPSA) is 57.9 Å². The Bertz CT molecular complexity index is 700. The molecule has 1 aromatic carbocycles. The van der Waals surface area contributed by atoms with E-state index in [1.54, 1.807) is 11.4 Å². The summed E-state index contributed by atoms with van der Waals surface area (Å²) in [6.45, 7) is 0. The molecule has 2 aromatic rings. The molecule has 0 aliphatic heterocycles. The molecule has 0 aliphatic rings. The summed E-state index contributed by atoms with van der Waals surface area (Å²) in [6.07, 6.45) is 0. The zero-order valence-electron chi connectivity index (χ0n) is 9.13. The number of benzene rings is 1. The Hall–Kier alpha value is -1.71. The molecule has 1 heterocycles. The Morgan fingerprint density at radius 2 is 2.11 bits per heavy atom. The van der Waals surface area contributed by atoms with Crippen LogP contribution in [0.5, 0.6) is 0 Å². The zero-order valence-corrected chi connectivity index (χ0v) is 10.8. The van der Waals surface area contributed by atoms with Gasteiger partial charge < -0.3 is 0 Å². The van der Waals surface area contributed by atoms with Gasteiger partial charge in [0.25, 0.3) is 0 Å². The summed E-state index contributed by atoms with van der Waals surface area (Å²) < 4.78 is 37.4. The van der Waals surface area contributed by atoms with Gasteiger partial charge in [-0.25, -0.2) is 12.8 Å². The lowest BCUT2D eigenvalue weighted by Gasteiger charge is -2.04. The largest absolute Gasteiger partial charge is 0.223 e. The average Bonchev–Trinajstić information content (AvgIpc) is 2.83. The minimum Gasteiger partial charge on any atom is -0.223 e. The van der Waals surface area contributed by atoms with Crippen molar-refractivity contribution in [2.24, 2.45) is 0 Å². The summed E-state index contributed by atoms with van der Waals surface area (Å²) >= 11 is 1.10. The van der Waals surface area contributed by atoms with Gasteiger partial charge in [-0.1, -0.05) is 6.07 Å². The van der Waals surface area contributed by atoms with E-state index in [1.165, 1.54) is 12.1 Å². The maximum Gasteiger partial charge on any atom is 0.191 e. The fourth-order valence-corrected chi connectivity index (χ4v) is 3.96. The second-order valence-electron chi connectivity index (χ2n) is 3.60. The highest BCUT2D eigenvalue weighted by Gasteiger charge is 2.18. The molecule has 3 nitrogen and oxygen atoms in total. The third kappa shape index (κ3) is 2.58. The van der Waals surface area contributed by atoms with E-state index in [2.05, 4.69) is 0 Å². The molecule has 2 rings (SSSR count). The van der Waals surface area contributed by atoms with E-state index < -0.39 is 15.7 Å². The quantitative estimate of drug-likeness (QED) is 0.869. The molecule has 0 unspecified atom stereocenters. The van der Waals surface area contributed by atoms with Crippen LogP contribution in [0.15, 0.2) is 39.9 Å². The number of thiophene rings is 1. The van der Waals surface area contributed by atoms with Crippen molar-refractivity contribution in [3.8, 4) is 6.07 Å². The second kappa shape index (κ2) is 4.88. The van der Waals surface area contributed by atoms with E-state index in [4.69, 9.17) is 5.26 Å². The van der Waals surface area contributed by atoms with Gasteiger partial charge in [0, 0.05) is 0 Å². The standard InChI is InChI=1S/C12H8FNO2S2/c13-11-4-3-9(7-14)10(6-11)8-18(15,16)12-2-1-5-17-12/h1-6H,8H2. The van der Waals surface area contributed by atoms with Crippen LogP contribution in [0.2, 0.25) is 0 Å². The molecular formula is C12H8FNO2S2. The van der Waals surface area contributed by atoms with Gasteiger partial charge in [0.15, 0.2) is 9.84 Å². The maximum absolute atomic E-state index is 13.1. The first-order valence-electron chi connectivity index (χ1n) is 4.98. The fraction of sp³-hybridized carbons (Fsp3) is 0.0833. The minimum absolute atomic E-state index is 0.177. The highest BCUT2D eigenvalue weighted by Crippen LogP contribution is 2.23. The molecule has 6 heteroatoms. The van der Waals surface area contributed by atoms with E-state index in [9.17, 15) is 12.8 Å². The summed E-state index contributed by atoms with van der Waals surface area (Å²) in [7, 11) is -3.52. The maximum atomic E-state index is 13.1. The normalized spacial score (nSPS) is 11.1. The molecule has 0 bridgehead atoms. The van der Waals surface area contributed by atoms with Crippen LogP contribution in [0.25, 0.3) is 0 Å². The van der Waals surface area contributed by atoms with Crippen LogP contribution in [0.1, 0.15) is 11.1 Å². The SMILES string of the molecule is N#Cc1ccc(F)cc1CS(=O)(=O)c1cccs1. The molecule has 0 saturated carbocycles.